The predicted molar refractivity (Wildman–Crippen MR) is 48.7 cm³/mol. The highest BCUT2D eigenvalue weighted by Gasteiger charge is 2.01. The van der Waals surface area contributed by atoms with Crippen LogP contribution in [0.15, 0.2) is 0 Å². The van der Waals surface area contributed by atoms with E-state index >= 15 is 0 Å². The van der Waals surface area contributed by atoms with Crippen molar-refractivity contribution in [3.8, 4) is 0 Å². The Morgan fingerprint density at radius 1 is 1.33 bits per heavy atom. The SMILES string of the molecule is CC.CC(C)NOCC(O)CO. The van der Waals surface area contributed by atoms with E-state index in [-0.39, 0.29) is 19.3 Å². The number of aliphatic hydroxyl groups excluding tert-OH is 2. The average Bonchev–Trinajstić information content (AvgIpc) is 2.07. The van der Waals surface area contributed by atoms with Crippen LogP contribution in [-0.4, -0.2) is 35.6 Å². The highest BCUT2D eigenvalue weighted by Crippen LogP contribution is 1.82. The zero-order valence-corrected chi connectivity index (χ0v) is 8.37. The minimum absolute atomic E-state index is 0.120. The van der Waals surface area contributed by atoms with Crippen molar-refractivity contribution in [3.63, 3.8) is 0 Å². The molecule has 0 aromatic carbocycles. The van der Waals surface area contributed by atoms with Crippen molar-refractivity contribution in [2.45, 2.75) is 39.8 Å². The summed E-state index contributed by atoms with van der Waals surface area (Å²) in [4.78, 5) is 4.79. The second kappa shape index (κ2) is 10.8. The van der Waals surface area contributed by atoms with E-state index in [1.165, 1.54) is 0 Å². The second-order valence-electron chi connectivity index (χ2n) is 2.42. The number of hydrogen-bond donors (Lipinski definition) is 3. The molecule has 0 aliphatic heterocycles. The van der Waals surface area contributed by atoms with Gasteiger partial charge in [0.15, 0.2) is 0 Å². The van der Waals surface area contributed by atoms with E-state index in [0.717, 1.165) is 0 Å². The van der Waals surface area contributed by atoms with Crippen LogP contribution >= 0.6 is 0 Å². The standard InChI is InChI=1S/C6H15NO3.C2H6/c1-5(2)7-10-4-6(9)3-8;1-2/h5-9H,3-4H2,1-2H3;1-2H3. The van der Waals surface area contributed by atoms with Crippen molar-refractivity contribution < 1.29 is 15.1 Å². The molecule has 0 saturated heterocycles. The molecule has 0 aromatic heterocycles. The smallest absolute Gasteiger partial charge is 0.102 e. The second-order valence-corrected chi connectivity index (χ2v) is 2.42. The van der Waals surface area contributed by atoms with Crippen molar-refractivity contribution in [1.29, 1.82) is 0 Å². The number of nitrogens with one attached hydrogen (secondary N) is 1. The van der Waals surface area contributed by atoms with Crippen LogP contribution in [0.4, 0.5) is 0 Å². The Bertz CT molecular complexity index is 78.7. The highest BCUT2D eigenvalue weighted by molar-refractivity contribution is 4.48. The van der Waals surface area contributed by atoms with E-state index in [0.29, 0.717) is 0 Å². The van der Waals surface area contributed by atoms with E-state index in [1.54, 1.807) is 0 Å². The van der Waals surface area contributed by atoms with Crippen molar-refractivity contribution in [2.24, 2.45) is 0 Å². The Balaban J connectivity index is 0. The maximum absolute atomic E-state index is 8.76. The molecule has 76 valence electrons. The third-order valence-corrected chi connectivity index (χ3v) is 0.806. The molecule has 4 heteroatoms. The topological polar surface area (TPSA) is 61.7 Å². The summed E-state index contributed by atoms with van der Waals surface area (Å²) in [5.41, 5.74) is 2.64. The molecular formula is C8H21NO3. The molecule has 0 heterocycles. The maximum Gasteiger partial charge on any atom is 0.102 e. The summed E-state index contributed by atoms with van der Waals surface area (Å²) >= 11 is 0. The summed E-state index contributed by atoms with van der Waals surface area (Å²) in [6, 6.07) is 0.228. The lowest BCUT2D eigenvalue weighted by Crippen LogP contribution is -2.29. The fraction of sp³-hybridized carbons (Fsp3) is 1.00. The lowest BCUT2D eigenvalue weighted by molar-refractivity contribution is -0.0456. The van der Waals surface area contributed by atoms with Gasteiger partial charge in [0, 0.05) is 6.04 Å². The van der Waals surface area contributed by atoms with Crippen LogP contribution in [0.5, 0.6) is 0 Å². The van der Waals surface area contributed by atoms with E-state index in [4.69, 9.17) is 15.1 Å². The Kier molecular flexibility index (Phi) is 13.0. The van der Waals surface area contributed by atoms with E-state index in [9.17, 15) is 0 Å². The Labute approximate surface area is 74.5 Å². The van der Waals surface area contributed by atoms with E-state index in [2.05, 4.69) is 5.48 Å². The average molecular weight is 179 g/mol. The van der Waals surface area contributed by atoms with Crippen LogP contribution in [0.2, 0.25) is 0 Å². The summed E-state index contributed by atoms with van der Waals surface area (Å²) in [7, 11) is 0. The molecule has 4 nitrogen and oxygen atoms in total. The number of hydroxylamine groups is 1. The molecule has 0 fully saturated rings. The van der Waals surface area contributed by atoms with Crippen molar-refractivity contribution >= 4 is 0 Å². The van der Waals surface area contributed by atoms with E-state index < -0.39 is 6.10 Å². The van der Waals surface area contributed by atoms with Crippen molar-refractivity contribution in [2.75, 3.05) is 13.2 Å². The highest BCUT2D eigenvalue weighted by atomic mass is 16.7. The van der Waals surface area contributed by atoms with Gasteiger partial charge in [-0.2, -0.15) is 5.48 Å². The molecule has 1 atom stereocenters. The molecule has 1 unspecified atom stereocenters. The first-order chi connectivity index (χ1) is 5.66. The number of hydrogen-bond acceptors (Lipinski definition) is 4. The summed E-state index contributed by atoms with van der Waals surface area (Å²) < 4.78 is 0. The third-order valence-electron chi connectivity index (χ3n) is 0.806. The molecule has 0 bridgehead atoms. The first-order valence-electron chi connectivity index (χ1n) is 4.33. The zero-order chi connectivity index (χ0) is 9.98. The van der Waals surface area contributed by atoms with Gasteiger partial charge in [0.2, 0.25) is 0 Å². The Morgan fingerprint density at radius 3 is 2.17 bits per heavy atom. The van der Waals surface area contributed by atoms with E-state index in [1.807, 2.05) is 27.7 Å². The monoisotopic (exact) mass is 179 g/mol. The van der Waals surface area contributed by atoms with Crippen LogP contribution in [0.1, 0.15) is 27.7 Å². The van der Waals surface area contributed by atoms with Gasteiger partial charge in [-0.15, -0.1) is 0 Å². The lowest BCUT2D eigenvalue weighted by atomic mass is 10.4. The van der Waals surface area contributed by atoms with Gasteiger partial charge in [-0.3, -0.25) is 4.84 Å². The van der Waals surface area contributed by atoms with Crippen LogP contribution in [0.3, 0.4) is 0 Å². The quantitative estimate of drug-likeness (QED) is 0.531. The number of rotatable bonds is 5. The molecule has 0 saturated carbocycles. The summed E-state index contributed by atoms with van der Waals surface area (Å²) in [6.07, 6.45) is -0.786. The summed E-state index contributed by atoms with van der Waals surface area (Å²) in [5.74, 6) is 0. The normalized spacial score (nSPS) is 12.2. The molecule has 0 aromatic rings. The minimum atomic E-state index is -0.786. The fourth-order valence-electron chi connectivity index (χ4n) is 0.364. The van der Waals surface area contributed by atoms with Gasteiger partial charge >= 0.3 is 0 Å². The van der Waals surface area contributed by atoms with Crippen LogP contribution < -0.4 is 5.48 Å². The molecule has 0 rings (SSSR count). The maximum atomic E-state index is 8.76. The van der Waals surface area contributed by atoms with Crippen molar-refractivity contribution in [1.82, 2.24) is 5.48 Å². The van der Waals surface area contributed by atoms with Crippen LogP contribution in [0, 0.1) is 0 Å². The van der Waals surface area contributed by atoms with Gasteiger partial charge in [-0.25, -0.2) is 0 Å². The first-order valence-corrected chi connectivity index (χ1v) is 4.33. The zero-order valence-electron chi connectivity index (χ0n) is 8.37. The molecule has 12 heavy (non-hydrogen) atoms. The van der Waals surface area contributed by atoms with Gasteiger partial charge in [0.05, 0.1) is 13.2 Å². The minimum Gasteiger partial charge on any atom is -0.394 e. The third kappa shape index (κ3) is 12.5. The van der Waals surface area contributed by atoms with Crippen molar-refractivity contribution in [3.05, 3.63) is 0 Å². The Hall–Kier alpha value is -0.160. The lowest BCUT2D eigenvalue weighted by Gasteiger charge is -2.10. The largest absolute Gasteiger partial charge is 0.394 e. The molecule has 0 aliphatic carbocycles. The first kappa shape index (κ1) is 14.4. The van der Waals surface area contributed by atoms with Gasteiger partial charge < -0.3 is 10.2 Å². The van der Waals surface area contributed by atoms with Gasteiger partial charge in [0.25, 0.3) is 0 Å². The molecule has 0 radical (unpaired) electrons. The number of aliphatic hydroxyl groups is 2. The molecule has 3 N–H and O–H groups in total. The molecular weight excluding hydrogens is 158 g/mol. The summed E-state index contributed by atoms with van der Waals surface area (Å²) in [6.45, 7) is 7.70. The fourth-order valence-corrected chi connectivity index (χ4v) is 0.364. The Morgan fingerprint density at radius 2 is 1.83 bits per heavy atom. The van der Waals surface area contributed by atoms with Gasteiger partial charge in [-0.1, -0.05) is 13.8 Å². The van der Waals surface area contributed by atoms with Gasteiger partial charge in [0.1, 0.15) is 6.10 Å². The van der Waals surface area contributed by atoms with Crippen LogP contribution in [0.25, 0.3) is 0 Å². The molecule has 0 amide bonds. The summed E-state index contributed by atoms with van der Waals surface area (Å²) in [5, 5.41) is 17.1. The molecule has 0 spiro atoms. The molecule has 0 aliphatic rings. The van der Waals surface area contributed by atoms with Gasteiger partial charge in [-0.05, 0) is 13.8 Å². The predicted octanol–water partition coefficient (Wildman–Crippen LogP) is 0.295. The van der Waals surface area contributed by atoms with Crippen LogP contribution in [-0.2, 0) is 4.84 Å².